The molecule has 0 spiro atoms. The molecule has 96 valence electrons. The van der Waals surface area contributed by atoms with Gasteiger partial charge in [-0.1, -0.05) is 17.7 Å². The van der Waals surface area contributed by atoms with E-state index >= 15 is 0 Å². The Morgan fingerprint density at radius 3 is 3.06 bits per heavy atom. The summed E-state index contributed by atoms with van der Waals surface area (Å²) in [5, 5.41) is 3.53. The normalized spacial score (nSPS) is 27.1. The Hall–Kier alpha value is -1.35. The fourth-order valence-electron chi connectivity index (χ4n) is 3.17. The number of fused-ring (bicyclic) bond motifs is 1. The number of amides is 1. The van der Waals surface area contributed by atoms with Crippen LogP contribution in [0.25, 0.3) is 0 Å². The molecule has 2 saturated heterocycles. The summed E-state index contributed by atoms with van der Waals surface area (Å²) in [6, 6.07) is 8.42. The monoisotopic (exact) mass is 244 g/mol. The minimum Gasteiger partial charge on any atom is -0.337 e. The minimum absolute atomic E-state index is 0.190. The standard InChI is InChI=1S/C15H20N2O/c1-11-4-2-5-12(8-11)15(18)17-9-13-6-3-7-16-14(13)10-17/h2,4-5,8,13-14,16H,3,6-7,9-10H2,1H3/t13-,14+/m0/s1. The van der Waals surface area contributed by atoms with E-state index in [0.29, 0.717) is 12.0 Å². The summed E-state index contributed by atoms with van der Waals surface area (Å²) < 4.78 is 0. The molecule has 1 N–H and O–H groups in total. The first-order valence-corrected chi connectivity index (χ1v) is 6.83. The number of rotatable bonds is 1. The van der Waals surface area contributed by atoms with Gasteiger partial charge < -0.3 is 10.2 Å². The maximum absolute atomic E-state index is 12.4. The highest BCUT2D eigenvalue weighted by molar-refractivity contribution is 5.94. The van der Waals surface area contributed by atoms with Crippen LogP contribution in [0.1, 0.15) is 28.8 Å². The van der Waals surface area contributed by atoms with Crippen LogP contribution in [0.2, 0.25) is 0 Å². The summed E-state index contributed by atoms with van der Waals surface area (Å²) in [4.78, 5) is 14.5. The molecule has 2 heterocycles. The number of nitrogens with one attached hydrogen (secondary N) is 1. The highest BCUT2D eigenvalue weighted by Crippen LogP contribution is 2.26. The molecule has 2 fully saturated rings. The van der Waals surface area contributed by atoms with E-state index in [9.17, 15) is 4.79 Å². The Morgan fingerprint density at radius 1 is 1.39 bits per heavy atom. The van der Waals surface area contributed by atoms with Crippen LogP contribution in [-0.2, 0) is 0 Å². The highest BCUT2D eigenvalue weighted by Gasteiger charge is 2.36. The van der Waals surface area contributed by atoms with Crippen LogP contribution in [0.3, 0.4) is 0 Å². The number of piperidine rings is 1. The SMILES string of the molecule is Cc1cccc(C(=O)N2C[C@@H]3CCCN[C@@H]3C2)c1. The van der Waals surface area contributed by atoms with Gasteiger partial charge in [-0.2, -0.15) is 0 Å². The van der Waals surface area contributed by atoms with E-state index in [1.165, 1.54) is 12.8 Å². The number of nitrogens with zero attached hydrogens (tertiary/aromatic N) is 1. The van der Waals surface area contributed by atoms with Crippen molar-refractivity contribution in [2.75, 3.05) is 19.6 Å². The summed E-state index contributed by atoms with van der Waals surface area (Å²) in [5.74, 6) is 0.849. The van der Waals surface area contributed by atoms with Crippen LogP contribution >= 0.6 is 0 Å². The van der Waals surface area contributed by atoms with E-state index in [-0.39, 0.29) is 5.91 Å². The minimum atomic E-state index is 0.190. The summed E-state index contributed by atoms with van der Waals surface area (Å²) in [5.41, 5.74) is 1.98. The highest BCUT2D eigenvalue weighted by atomic mass is 16.2. The van der Waals surface area contributed by atoms with Crippen molar-refractivity contribution >= 4 is 5.91 Å². The first-order chi connectivity index (χ1) is 8.74. The molecule has 3 nitrogen and oxygen atoms in total. The number of aryl methyl sites for hydroxylation is 1. The Balaban J connectivity index is 1.74. The van der Waals surface area contributed by atoms with Gasteiger partial charge >= 0.3 is 0 Å². The van der Waals surface area contributed by atoms with Crippen molar-refractivity contribution in [1.29, 1.82) is 0 Å². The van der Waals surface area contributed by atoms with E-state index in [2.05, 4.69) is 5.32 Å². The largest absolute Gasteiger partial charge is 0.337 e. The van der Waals surface area contributed by atoms with Crippen LogP contribution in [0.15, 0.2) is 24.3 Å². The van der Waals surface area contributed by atoms with Gasteiger partial charge in [-0.05, 0) is 44.4 Å². The number of likely N-dealkylation sites (tertiary alicyclic amines) is 1. The molecule has 0 aliphatic carbocycles. The quantitative estimate of drug-likeness (QED) is 0.817. The van der Waals surface area contributed by atoms with E-state index in [1.54, 1.807) is 0 Å². The van der Waals surface area contributed by atoms with Crippen LogP contribution in [0, 0.1) is 12.8 Å². The lowest BCUT2D eigenvalue weighted by molar-refractivity contribution is 0.0785. The lowest BCUT2D eigenvalue weighted by Crippen LogP contribution is -2.41. The summed E-state index contributed by atoms with van der Waals surface area (Å²) in [6.07, 6.45) is 2.50. The molecule has 0 radical (unpaired) electrons. The number of benzene rings is 1. The van der Waals surface area contributed by atoms with Crippen LogP contribution < -0.4 is 5.32 Å². The molecule has 1 aromatic carbocycles. The van der Waals surface area contributed by atoms with Gasteiger partial charge in [0.15, 0.2) is 0 Å². The molecule has 3 heteroatoms. The lowest BCUT2D eigenvalue weighted by Gasteiger charge is -2.24. The molecule has 1 aromatic rings. The zero-order valence-electron chi connectivity index (χ0n) is 10.9. The van der Waals surface area contributed by atoms with E-state index in [1.807, 2.05) is 36.1 Å². The molecule has 3 rings (SSSR count). The number of carbonyl (C=O) groups is 1. The fraction of sp³-hybridized carbons (Fsp3) is 0.533. The topological polar surface area (TPSA) is 32.3 Å². The van der Waals surface area contributed by atoms with Gasteiger partial charge in [-0.25, -0.2) is 0 Å². The van der Waals surface area contributed by atoms with Gasteiger partial charge in [0, 0.05) is 24.7 Å². The van der Waals surface area contributed by atoms with Gasteiger partial charge in [0.05, 0.1) is 0 Å². The molecule has 2 atom stereocenters. The van der Waals surface area contributed by atoms with Crippen molar-refractivity contribution in [3.8, 4) is 0 Å². The maximum atomic E-state index is 12.4. The Labute approximate surface area is 108 Å². The molecule has 2 aliphatic heterocycles. The van der Waals surface area contributed by atoms with Crippen molar-refractivity contribution < 1.29 is 4.79 Å². The molecule has 18 heavy (non-hydrogen) atoms. The van der Waals surface area contributed by atoms with Gasteiger partial charge in [0.2, 0.25) is 0 Å². The summed E-state index contributed by atoms with van der Waals surface area (Å²) >= 11 is 0. The van der Waals surface area contributed by atoms with Gasteiger partial charge in [0.1, 0.15) is 0 Å². The van der Waals surface area contributed by atoms with Crippen molar-refractivity contribution in [2.45, 2.75) is 25.8 Å². The second kappa shape index (κ2) is 4.73. The second-order valence-corrected chi connectivity index (χ2v) is 5.54. The molecule has 0 saturated carbocycles. The first kappa shape index (κ1) is 11.7. The third kappa shape index (κ3) is 2.15. The maximum Gasteiger partial charge on any atom is 0.253 e. The number of hydrogen-bond donors (Lipinski definition) is 1. The fourth-order valence-corrected chi connectivity index (χ4v) is 3.17. The molecule has 0 aromatic heterocycles. The average molecular weight is 244 g/mol. The lowest BCUT2D eigenvalue weighted by atomic mass is 9.94. The van der Waals surface area contributed by atoms with Crippen molar-refractivity contribution in [3.05, 3.63) is 35.4 Å². The van der Waals surface area contributed by atoms with Crippen LogP contribution in [0.4, 0.5) is 0 Å². The van der Waals surface area contributed by atoms with Crippen LogP contribution in [0.5, 0.6) is 0 Å². The third-order valence-corrected chi connectivity index (χ3v) is 4.15. The molecular weight excluding hydrogens is 224 g/mol. The van der Waals surface area contributed by atoms with E-state index < -0.39 is 0 Å². The Kier molecular flexibility index (Phi) is 3.08. The summed E-state index contributed by atoms with van der Waals surface area (Å²) in [7, 11) is 0. The molecule has 0 bridgehead atoms. The van der Waals surface area contributed by atoms with E-state index in [0.717, 1.165) is 30.8 Å². The molecular formula is C15H20N2O. The number of carbonyl (C=O) groups excluding carboxylic acids is 1. The van der Waals surface area contributed by atoms with Crippen LogP contribution in [-0.4, -0.2) is 36.5 Å². The van der Waals surface area contributed by atoms with Crippen molar-refractivity contribution in [1.82, 2.24) is 10.2 Å². The zero-order chi connectivity index (χ0) is 12.5. The third-order valence-electron chi connectivity index (χ3n) is 4.15. The average Bonchev–Trinajstić information content (AvgIpc) is 2.81. The molecule has 2 aliphatic rings. The first-order valence-electron chi connectivity index (χ1n) is 6.83. The molecule has 0 unspecified atom stereocenters. The Bertz CT molecular complexity index is 444. The van der Waals surface area contributed by atoms with Crippen molar-refractivity contribution in [3.63, 3.8) is 0 Å². The number of hydrogen-bond acceptors (Lipinski definition) is 2. The predicted molar refractivity (Wildman–Crippen MR) is 71.6 cm³/mol. The van der Waals surface area contributed by atoms with Gasteiger partial charge in [-0.3, -0.25) is 4.79 Å². The van der Waals surface area contributed by atoms with Gasteiger partial charge in [-0.15, -0.1) is 0 Å². The molecule has 1 amide bonds. The predicted octanol–water partition coefficient (Wildman–Crippen LogP) is 1.82. The summed E-state index contributed by atoms with van der Waals surface area (Å²) in [6.45, 7) is 4.93. The van der Waals surface area contributed by atoms with Gasteiger partial charge in [0.25, 0.3) is 5.91 Å². The smallest absolute Gasteiger partial charge is 0.253 e. The Morgan fingerprint density at radius 2 is 2.28 bits per heavy atom. The van der Waals surface area contributed by atoms with E-state index in [4.69, 9.17) is 0 Å². The van der Waals surface area contributed by atoms with Crippen molar-refractivity contribution in [2.24, 2.45) is 5.92 Å². The zero-order valence-corrected chi connectivity index (χ0v) is 10.9. The second-order valence-electron chi connectivity index (χ2n) is 5.54.